The number of morpholine rings is 1. The lowest BCUT2D eigenvalue weighted by Crippen LogP contribution is -2.37. The Labute approximate surface area is 107 Å². The molecule has 90 valence electrons. The molecule has 2 N–H and O–H groups in total. The summed E-state index contributed by atoms with van der Waals surface area (Å²) in [4.78, 5) is 10.8. The highest BCUT2D eigenvalue weighted by Gasteiger charge is 2.19. The molecule has 3 rings (SSSR count). The summed E-state index contributed by atoms with van der Waals surface area (Å²) in [6, 6.07) is 0. The fourth-order valence-electron chi connectivity index (χ4n) is 1.99. The van der Waals surface area contributed by atoms with Crippen LogP contribution >= 0.6 is 15.9 Å². The van der Waals surface area contributed by atoms with Crippen molar-refractivity contribution in [3.63, 3.8) is 0 Å². The predicted octanol–water partition coefficient (Wildman–Crippen LogP) is 0.911. The number of ether oxygens (including phenoxy) is 1. The fraction of sp³-hybridized carbons (Fsp3) is 0.400. The largest absolute Gasteiger partial charge is 0.382 e. The summed E-state index contributed by atoms with van der Waals surface area (Å²) in [7, 11) is 0. The minimum Gasteiger partial charge on any atom is -0.382 e. The van der Waals surface area contributed by atoms with Gasteiger partial charge in [-0.1, -0.05) is 0 Å². The van der Waals surface area contributed by atoms with Crippen LogP contribution in [0.1, 0.15) is 0 Å². The molecule has 0 atom stereocenters. The Balaban J connectivity index is 2.13. The summed E-state index contributed by atoms with van der Waals surface area (Å²) in [6.07, 6.45) is 3.55. The molecule has 0 saturated carbocycles. The quantitative estimate of drug-likeness (QED) is 0.847. The monoisotopic (exact) mass is 297 g/mol. The van der Waals surface area contributed by atoms with E-state index in [1.54, 1.807) is 6.20 Å². The van der Waals surface area contributed by atoms with Gasteiger partial charge in [0.15, 0.2) is 5.82 Å². The molecule has 1 fully saturated rings. The fourth-order valence-corrected chi connectivity index (χ4v) is 2.54. The molecule has 0 bridgehead atoms. The van der Waals surface area contributed by atoms with Gasteiger partial charge in [-0.3, -0.25) is 4.40 Å². The Morgan fingerprint density at radius 1 is 1.35 bits per heavy atom. The van der Waals surface area contributed by atoms with E-state index in [1.807, 2.05) is 10.6 Å². The molecular formula is C10H12BrN5O. The third kappa shape index (κ3) is 1.75. The summed E-state index contributed by atoms with van der Waals surface area (Å²) < 4.78 is 8.02. The number of nitrogens with zero attached hydrogens (tertiary/aromatic N) is 4. The molecule has 0 aliphatic carbocycles. The normalized spacial score (nSPS) is 16.6. The van der Waals surface area contributed by atoms with Crippen LogP contribution in [-0.2, 0) is 4.74 Å². The van der Waals surface area contributed by atoms with E-state index in [-0.39, 0.29) is 0 Å². The molecule has 1 aliphatic rings. The zero-order valence-corrected chi connectivity index (χ0v) is 10.7. The van der Waals surface area contributed by atoms with Crippen molar-refractivity contribution in [2.45, 2.75) is 0 Å². The maximum Gasteiger partial charge on any atom is 0.211 e. The molecule has 2 aromatic rings. The third-order valence-corrected chi connectivity index (χ3v) is 3.37. The molecule has 1 saturated heterocycles. The van der Waals surface area contributed by atoms with E-state index in [9.17, 15) is 0 Å². The Morgan fingerprint density at radius 2 is 2.12 bits per heavy atom. The van der Waals surface area contributed by atoms with Gasteiger partial charge in [0.2, 0.25) is 5.95 Å². The number of halogens is 1. The average molecular weight is 298 g/mol. The van der Waals surface area contributed by atoms with E-state index in [2.05, 4.69) is 30.8 Å². The van der Waals surface area contributed by atoms with Crippen molar-refractivity contribution in [1.29, 1.82) is 0 Å². The van der Waals surface area contributed by atoms with Gasteiger partial charge >= 0.3 is 0 Å². The number of imidazole rings is 1. The van der Waals surface area contributed by atoms with Gasteiger partial charge in [-0.2, -0.15) is 0 Å². The second-order valence-corrected chi connectivity index (χ2v) is 4.58. The summed E-state index contributed by atoms with van der Waals surface area (Å²) in [6.45, 7) is 3.14. The summed E-state index contributed by atoms with van der Waals surface area (Å²) in [5.74, 6) is 1.36. The first kappa shape index (κ1) is 10.8. The van der Waals surface area contributed by atoms with Crippen molar-refractivity contribution in [2.24, 2.45) is 0 Å². The van der Waals surface area contributed by atoms with Crippen LogP contribution in [0, 0.1) is 0 Å². The van der Waals surface area contributed by atoms with E-state index in [4.69, 9.17) is 10.5 Å². The van der Waals surface area contributed by atoms with E-state index >= 15 is 0 Å². The van der Waals surface area contributed by atoms with Crippen molar-refractivity contribution in [1.82, 2.24) is 14.4 Å². The van der Waals surface area contributed by atoms with E-state index < -0.39 is 0 Å². The molecule has 3 heterocycles. The first-order chi connectivity index (χ1) is 8.27. The van der Waals surface area contributed by atoms with Gasteiger partial charge in [0, 0.05) is 25.5 Å². The van der Waals surface area contributed by atoms with Gasteiger partial charge in [-0.05, 0) is 15.9 Å². The molecule has 7 heteroatoms. The van der Waals surface area contributed by atoms with E-state index in [0.717, 1.165) is 42.4 Å². The predicted molar refractivity (Wildman–Crippen MR) is 68.1 cm³/mol. The molecule has 0 unspecified atom stereocenters. The van der Waals surface area contributed by atoms with Crippen LogP contribution in [0.4, 0.5) is 11.8 Å². The number of anilines is 2. The lowest BCUT2D eigenvalue weighted by molar-refractivity contribution is 0.122. The molecular weight excluding hydrogens is 286 g/mol. The lowest BCUT2D eigenvalue weighted by Gasteiger charge is -2.26. The van der Waals surface area contributed by atoms with Gasteiger partial charge in [-0.15, -0.1) is 0 Å². The molecule has 6 nitrogen and oxygen atoms in total. The zero-order valence-electron chi connectivity index (χ0n) is 9.14. The number of nitrogens with two attached hydrogens (primary N) is 1. The Morgan fingerprint density at radius 3 is 2.88 bits per heavy atom. The standard InChI is InChI=1S/C10H12BrN5O/c11-8-7-9(12)13-1-2-16(7)10(14-8)15-3-5-17-6-4-15/h1-2H,3-6H2,(H2,12,13). The van der Waals surface area contributed by atoms with Gasteiger partial charge in [0.25, 0.3) is 0 Å². The first-order valence-electron chi connectivity index (χ1n) is 5.38. The van der Waals surface area contributed by atoms with Crippen molar-refractivity contribution in [3.8, 4) is 0 Å². The van der Waals surface area contributed by atoms with Gasteiger partial charge < -0.3 is 15.4 Å². The summed E-state index contributed by atoms with van der Waals surface area (Å²) in [5, 5.41) is 0. The smallest absolute Gasteiger partial charge is 0.211 e. The van der Waals surface area contributed by atoms with E-state index in [0.29, 0.717) is 5.82 Å². The zero-order chi connectivity index (χ0) is 11.8. The van der Waals surface area contributed by atoms with Crippen LogP contribution in [0.3, 0.4) is 0 Å². The Hall–Kier alpha value is -1.34. The van der Waals surface area contributed by atoms with Crippen LogP contribution < -0.4 is 10.6 Å². The van der Waals surface area contributed by atoms with Crippen molar-refractivity contribution < 1.29 is 4.74 Å². The molecule has 17 heavy (non-hydrogen) atoms. The maximum atomic E-state index is 5.85. The Kier molecular flexibility index (Phi) is 2.64. The SMILES string of the molecule is Nc1nccn2c(N3CCOCC3)nc(Br)c12. The molecule has 1 aliphatic heterocycles. The number of nitrogen functional groups attached to an aromatic ring is 1. The molecule has 0 radical (unpaired) electrons. The van der Waals surface area contributed by atoms with Crippen molar-refractivity contribution in [3.05, 3.63) is 17.0 Å². The third-order valence-electron chi connectivity index (χ3n) is 2.82. The van der Waals surface area contributed by atoms with Crippen LogP contribution in [0.5, 0.6) is 0 Å². The maximum absolute atomic E-state index is 5.85. The van der Waals surface area contributed by atoms with Crippen LogP contribution in [-0.4, -0.2) is 40.7 Å². The van der Waals surface area contributed by atoms with Crippen LogP contribution in [0.25, 0.3) is 5.52 Å². The number of fused-ring (bicyclic) bond motifs is 1. The molecule has 0 amide bonds. The average Bonchev–Trinajstić information content (AvgIpc) is 2.69. The van der Waals surface area contributed by atoms with Crippen molar-refractivity contribution in [2.75, 3.05) is 36.9 Å². The van der Waals surface area contributed by atoms with Crippen molar-refractivity contribution >= 4 is 33.2 Å². The number of aromatic nitrogens is 3. The Bertz CT molecular complexity index is 549. The van der Waals surface area contributed by atoms with Gasteiger partial charge in [0.05, 0.1) is 13.2 Å². The van der Waals surface area contributed by atoms with Gasteiger partial charge in [-0.25, -0.2) is 9.97 Å². The molecule has 2 aromatic heterocycles. The highest BCUT2D eigenvalue weighted by molar-refractivity contribution is 9.10. The van der Waals surface area contributed by atoms with Crippen LogP contribution in [0.15, 0.2) is 17.0 Å². The summed E-state index contributed by atoms with van der Waals surface area (Å²) >= 11 is 3.43. The minimum absolute atomic E-state index is 0.478. The van der Waals surface area contributed by atoms with E-state index in [1.165, 1.54) is 0 Å². The molecule has 0 aromatic carbocycles. The molecule has 0 spiro atoms. The number of hydrogen-bond acceptors (Lipinski definition) is 5. The second-order valence-electron chi connectivity index (χ2n) is 3.83. The highest BCUT2D eigenvalue weighted by atomic mass is 79.9. The number of hydrogen-bond donors (Lipinski definition) is 1. The van der Waals surface area contributed by atoms with Gasteiger partial charge in [0.1, 0.15) is 10.1 Å². The highest BCUT2D eigenvalue weighted by Crippen LogP contribution is 2.27. The topological polar surface area (TPSA) is 68.7 Å². The summed E-state index contributed by atoms with van der Waals surface area (Å²) in [5.41, 5.74) is 6.67. The number of rotatable bonds is 1. The minimum atomic E-state index is 0.478. The first-order valence-corrected chi connectivity index (χ1v) is 6.17. The van der Waals surface area contributed by atoms with Crippen LogP contribution in [0.2, 0.25) is 0 Å². The second kappa shape index (κ2) is 4.15. The lowest BCUT2D eigenvalue weighted by atomic mass is 10.4.